The summed E-state index contributed by atoms with van der Waals surface area (Å²) < 4.78 is 5.44. The first-order chi connectivity index (χ1) is 9.17. The van der Waals surface area contributed by atoms with Crippen molar-refractivity contribution in [3.05, 3.63) is 52.1 Å². The number of nitrogens with one attached hydrogen (secondary N) is 2. The molecule has 0 aliphatic carbocycles. The molecule has 0 unspecified atom stereocenters. The molecule has 0 saturated heterocycles. The average Bonchev–Trinajstić information content (AvgIpc) is 2.36. The number of aromatic amines is 1. The van der Waals surface area contributed by atoms with Gasteiger partial charge in [0.05, 0.1) is 6.61 Å². The molecule has 1 aromatic heterocycles. The Bertz CT molecular complexity index is 608. The topological polar surface area (TPSA) is 67.0 Å². The summed E-state index contributed by atoms with van der Waals surface area (Å²) in [5.74, 6) is 2.01. The third kappa shape index (κ3) is 3.84. The molecule has 0 radical (unpaired) electrons. The normalized spacial score (nSPS) is 10.2. The predicted octanol–water partition coefficient (Wildman–Crippen LogP) is 2.09. The first kappa shape index (κ1) is 13.1. The number of hydrogen-bond donors (Lipinski definition) is 2. The molecule has 0 spiro atoms. The van der Waals surface area contributed by atoms with Crippen molar-refractivity contribution in [3.8, 4) is 5.75 Å². The maximum atomic E-state index is 11.3. The molecule has 2 rings (SSSR count). The maximum absolute atomic E-state index is 11.3. The number of anilines is 1. The number of ether oxygens (including phenoxy) is 1. The van der Waals surface area contributed by atoms with Crippen molar-refractivity contribution < 1.29 is 4.74 Å². The van der Waals surface area contributed by atoms with Gasteiger partial charge < -0.3 is 15.0 Å². The summed E-state index contributed by atoms with van der Waals surface area (Å²) in [7, 11) is 0. The Labute approximate surface area is 111 Å². The Balaban J connectivity index is 2.05. The lowest BCUT2D eigenvalue weighted by molar-refractivity contribution is 0.340. The molecule has 0 aliphatic heterocycles. The number of H-pyrrole nitrogens is 1. The van der Waals surface area contributed by atoms with Crippen LogP contribution in [0.1, 0.15) is 18.3 Å². The Kier molecular flexibility index (Phi) is 4.18. The van der Waals surface area contributed by atoms with E-state index >= 15 is 0 Å². The van der Waals surface area contributed by atoms with Gasteiger partial charge in [0.1, 0.15) is 17.4 Å². The number of aryl methyl sites for hydroxylation is 1. The van der Waals surface area contributed by atoms with Crippen LogP contribution in [0.3, 0.4) is 0 Å². The van der Waals surface area contributed by atoms with Crippen LogP contribution < -0.4 is 15.6 Å². The lowest BCUT2D eigenvalue weighted by Crippen LogP contribution is -2.11. The van der Waals surface area contributed by atoms with Gasteiger partial charge in [0.2, 0.25) is 0 Å². The van der Waals surface area contributed by atoms with Crippen LogP contribution in [-0.2, 0) is 6.54 Å². The summed E-state index contributed by atoms with van der Waals surface area (Å²) in [5, 5.41) is 3.13. The van der Waals surface area contributed by atoms with Crippen molar-refractivity contribution in [2.24, 2.45) is 0 Å². The fourth-order valence-electron chi connectivity index (χ4n) is 1.77. The fourth-order valence-corrected chi connectivity index (χ4v) is 1.77. The fraction of sp³-hybridized carbons (Fsp3) is 0.286. The quantitative estimate of drug-likeness (QED) is 0.862. The van der Waals surface area contributed by atoms with E-state index in [0.29, 0.717) is 24.8 Å². The molecule has 5 heteroatoms. The van der Waals surface area contributed by atoms with Crippen LogP contribution in [0, 0.1) is 6.92 Å². The second kappa shape index (κ2) is 6.04. The Morgan fingerprint density at radius 1 is 1.37 bits per heavy atom. The van der Waals surface area contributed by atoms with Crippen molar-refractivity contribution in [2.45, 2.75) is 20.4 Å². The molecule has 0 amide bonds. The molecule has 0 atom stereocenters. The second-order valence-electron chi connectivity index (χ2n) is 4.15. The van der Waals surface area contributed by atoms with E-state index in [9.17, 15) is 4.79 Å². The van der Waals surface area contributed by atoms with Crippen molar-refractivity contribution in [2.75, 3.05) is 11.9 Å². The molecule has 5 nitrogen and oxygen atoms in total. The van der Waals surface area contributed by atoms with Crippen molar-refractivity contribution in [3.63, 3.8) is 0 Å². The molecule has 0 saturated carbocycles. The summed E-state index contributed by atoms with van der Waals surface area (Å²) in [6, 6.07) is 9.27. The SMILES string of the molecule is CCOc1cccc(CNc2cc(=O)[nH]c(C)n2)c1. The van der Waals surface area contributed by atoms with Gasteiger partial charge in [0, 0.05) is 12.6 Å². The van der Waals surface area contributed by atoms with Gasteiger partial charge in [-0.25, -0.2) is 4.98 Å². The highest BCUT2D eigenvalue weighted by Crippen LogP contribution is 2.14. The largest absolute Gasteiger partial charge is 0.494 e. The molecular formula is C14H17N3O2. The minimum Gasteiger partial charge on any atom is -0.494 e. The van der Waals surface area contributed by atoms with E-state index < -0.39 is 0 Å². The highest BCUT2D eigenvalue weighted by atomic mass is 16.5. The van der Waals surface area contributed by atoms with Crippen molar-refractivity contribution in [1.82, 2.24) is 9.97 Å². The lowest BCUT2D eigenvalue weighted by atomic mass is 10.2. The minimum atomic E-state index is -0.155. The molecule has 2 aromatic rings. The highest BCUT2D eigenvalue weighted by Gasteiger charge is 2.00. The van der Waals surface area contributed by atoms with Crippen molar-refractivity contribution in [1.29, 1.82) is 0 Å². The van der Waals surface area contributed by atoms with Gasteiger partial charge in [-0.3, -0.25) is 4.79 Å². The number of aromatic nitrogens is 2. The van der Waals surface area contributed by atoms with Crippen LogP contribution in [0.2, 0.25) is 0 Å². The third-order valence-electron chi connectivity index (χ3n) is 2.54. The minimum absolute atomic E-state index is 0.155. The van der Waals surface area contributed by atoms with Gasteiger partial charge in [-0.2, -0.15) is 0 Å². The first-order valence-corrected chi connectivity index (χ1v) is 6.21. The molecule has 0 bridgehead atoms. The number of hydrogen-bond acceptors (Lipinski definition) is 4. The molecule has 19 heavy (non-hydrogen) atoms. The van der Waals surface area contributed by atoms with E-state index in [2.05, 4.69) is 15.3 Å². The van der Waals surface area contributed by atoms with E-state index in [1.165, 1.54) is 6.07 Å². The Hall–Kier alpha value is -2.30. The zero-order chi connectivity index (χ0) is 13.7. The Morgan fingerprint density at radius 3 is 2.95 bits per heavy atom. The van der Waals surface area contributed by atoms with E-state index in [-0.39, 0.29) is 5.56 Å². The maximum Gasteiger partial charge on any atom is 0.252 e. The first-order valence-electron chi connectivity index (χ1n) is 6.21. The van der Waals surface area contributed by atoms with Crippen LogP contribution in [0.4, 0.5) is 5.82 Å². The molecule has 0 fully saturated rings. The average molecular weight is 259 g/mol. The van der Waals surface area contributed by atoms with Crippen LogP contribution in [-0.4, -0.2) is 16.6 Å². The van der Waals surface area contributed by atoms with Gasteiger partial charge >= 0.3 is 0 Å². The number of rotatable bonds is 5. The second-order valence-corrected chi connectivity index (χ2v) is 4.15. The van der Waals surface area contributed by atoms with Crippen LogP contribution in [0.5, 0.6) is 5.75 Å². The highest BCUT2D eigenvalue weighted by molar-refractivity contribution is 5.36. The zero-order valence-electron chi connectivity index (χ0n) is 11.1. The molecule has 2 N–H and O–H groups in total. The van der Waals surface area contributed by atoms with Crippen LogP contribution in [0.25, 0.3) is 0 Å². The summed E-state index contributed by atoms with van der Waals surface area (Å²) in [5.41, 5.74) is 0.920. The third-order valence-corrected chi connectivity index (χ3v) is 2.54. The monoisotopic (exact) mass is 259 g/mol. The van der Waals surface area contributed by atoms with Crippen LogP contribution >= 0.6 is 0 Å². The van der Waals surface area contributed by atoms with Crippen molar-refractivity contribution >= 4 is 5.82 Å². The summed E-state index contributed by atoms with van der Waals surface area (Å²) >= 11 is 0. The predicted molar refractivity (Wildman–Crippen MR) is 74.5 cm³/mol. The summed E-state index contributed by atoms with van der Waals surface area (Å²) in [6.45, 7) is 4.94. The molecule has 0 aliphatic rings. The summed E-state index contributed by atoms with van der Waals surface area (Å²) in [4.78, 5) is 18.1. The summed E-state index contributed by atoms with van der Waals surface area (Å²) in [6.07, 6.45) is 0. The lowest BCUT2D eigenvalue weighted by Gasteiger charge is -2.08. The molecular weight excluding hydrogens is 242 g/mol. The van der Waals surface area contributed by atoms with Gasteiger partial charge in [0.25, 0.3) is 5.56 Å². The van der Waals surface area contributed by atoms with E-state index in [0.717, 1.165) is 11.3 Å². The molecule has 100 valence electrons. The number of nitrogens with zero attached hydrogens (tertiary/aromatic N) is 1. The molecule has 1 aromatic carbocycles. The van der Waals surface area contributed by atoms with Crippen LogP contribution in [0.15, 0.2) is 35.1 Å². The standard InChI is InChI=1S/C14H17N3O2/c1-3-19-12-6-4-5-11(7-12)9-15-13-8-14(18)17-10(2)16-13/h4-8H,3,9H2,1-2H3,(H2,15,16,17,18). The van der Waals surface area contributed by atoms with E-state index in [1.807, 2.05) is 31.2 Å². The molecule has 1 heterocycles. The van der Waals surface area contributed by atoms with Gasteiger partial charge in [-0.1, -0.05) is 12.1 Å². The number of benzene rings is 1. The smallest absolute Gasteiger partial charge is 0.252 e. The van der Waals surface area contributed by atoms with Gasteiger partial charge in [-0.15, -0.1) is 0 Å². The van der Waals surface area contributed by atoms with E-state index in [4.69, 9.17) is 4.74 Å². The van der Waals surface area contributed by atoms with Gasteiger partial charge in [-0.05, 0) is 31.5 Å². The van der Waals surface area contributed by atoms with E-state index in [1.54, 1.807) is 6.92 Å². The zero-order valence-corrected chi connectivity index (χ0v) is 11.1. The van der Waals surface area contributed by atoms with Gasteiger partial charge in [0.15, 0.2) is 0 Å². The Morgan fingerprint density at radius 2 is 2.21 bits per heavy atom.